The first-order valence-electron chi connectivity index (χ1n) is 11.5. The predicted molar refractivity (Wildman–Crippen MR) is 118 cm³/mol. The van der Waals surface area contributed by atoms with Crippen molar-refractivity contribution in [3.63, 3.8) is 0 Å². The van der Waals surface area contributed by atoms with Gasteiger partial charge in [0.1, 0.15) is 0 Å². The van der Waals surface area contributed by atoms with Crippen LogP contribution in [0, 0.1) is 5.41 Å². The molecule has 31 heavy (non-hydrogen) atoms. The van der Waals surface area contributed by atoms with Crippen molar-refractivity contribution in [3.8, 4) is 0 Å². The molecule has 5 rings (SSSR count). The highest BCUT2D eigenvalue weighted by molar-refractivity contribution is 5.94. The summed E-state index contributed by atoms with van der Waals surface area (Å²) < 4.78 is 0. The van der Waals surface area contributed by atoms with Crippen molar-refractivity contribution >= 4 is 11.8 Å². The number of β-lactam (4-membered cyclic amide) rings is 1. The van der Waals surface area contributed by atoms with Gasteiger partial charge in [-0.3, -0.25) is 14.4 Å². The number of pyridine rings is 1. The van der Waals surface area contributed by atoms with E-state index in [-0.39, 0.29) is 29.0 Å². The SMILES string of the molecule is O=C(c1ccc(=O)[nH]c1)N1CCC(N2C(=O)C3(CCCCC3)C2c2ccccc2)CC1. The zero-order valence-corrected chi connectivity index (χ0v) is 17.8. The molecule has 3 heterocycles. The molecule has 1 aromatic heterocycles. The summed E-state index contributed by atoms with van der Waals surface area (Å²) in [5, 5.41) is 0. The second-order valence-corrected chi connectivity index (χ2v) is 9.21. The zero-order chi connectivity index (χ0) is 21.4. The number of hydrogen-bond donors (Lipinski definition) is 1. The van der Waals surface area contributed by atoms with E-state index >= 15 is 0 Å². The Labute approximate surface area is 182 Å². The molecule has 1 aliphatic carbocycles. The van der Waals surface area contributed by atoms with Gasteiger partial charge < -0.3 is 14.8 Å². The van der Waals surface area contributed by atoms with Crippen molar-refractivity contribution in [2.45, 2.75) is 57.0 Å². The molecule has 1 saturated carbocycles. The lowest BCUT2D eigenvalue weighted by Gasteiger charge is -2.61. The molecule has 6 nitrogen and oxygen atoms in total. The highest BCUT2D eigenvalue weighted by Gasteiger charge is 2.62. The third-order valence-electron chi connectivity index (χ3n) is 7.50. The number of piperidine rings is 1. The summed E-state index contributed by atoms with van der Waals surface area (Å²) in [6, 6.07) is 13.8. The number of likely N-dealkylation sites (tertiary alicyclic amines) is 2. The molecule has 1 spiro atoms. The molecule has 1 N–H and O–H groups in total. The van der Waals surface area contributed by atoms with Crippen molar-refractivity contribution in [1.82, 2.24) is 14.8 Å². The Morgan fingerprint density at radius 2 is 1.65 bits per heavy atom. The molecule has 3 aliphatic rings. The number of nitrogens with zero attached hydrogens (tertiary/aromatic N) is 2. The van der Waals surface area contributed by atoms with E-state index in [2.05, 4.69) is 34.1 Å². The van der Waals surface area contributed by atoms with Crippen LogP contribution in [0.1, 0.15) is 66.9 Å². The smallest absolute Gasteiger partial charge is 0.255 e. The van der Waals surface area contributed by atoms with Crippen LogP contribution in [0.5, 0.6) is 0 Å². The van der Waals surface area contributed by atoms with Crippen LogP contribution in [-0.4, -0.2) is 45.7 Å². The Kier molecular flexibility index (Phi) is 5.16. The van der Waals surface area contributed by atoms with Gasteiger partial charge in [0.05, 0.1) is 17.0 Å². The van der Waals surface area contributed by atoms with Crippen molar-refractivity contribution in [3.05, 3.63) is 70.1 Å². The van der Waals surface area contributed by atoms with Crippen molar-refractivity contribution in [1.29, 1.82) is 0 Å². The number of carbonyl (C=O) groups is 2. The molecular weight excluding hydrogens is 390 g/mol. The first-order chi connectivity index (χ1) is 15.1. The summed E-state index contributed by atoms with van der Waals surface area (Å²) in [5.74, 6) is 0.263. The third-order valence-corrected chi connectivity index (χ3v) is 7.50. The van der Waals surface area contributed by atoms with Crippen LogP contribution >= 0.6 is 0 Å². The van der Waals surface area contributed by atoms with Crippen molar-refractivity contribution in [2.24, 2.45) is 5.41 Å². The molecule has 0 bridgehead atoms. The summed E-state index contributed by atoms with van der Waals surface area (Å²) in [4.78, 5) is 44.1. The van der Waals surface area contributed by atoms with E-state index in [0.29, 0.717) is 24.6 Å². The molecule has 0 radical (unpaired) electrons. The number of aromatic nitrogens is 1. The normalized spacial score (nSPS) is 23.6. The van der Waals surface area contributed by atoms with Crippen LogP contribution in [0.3, 0.4) is 0 Å². The van der Waals surface area contributed by atoms with Gasteiger partial charge in [-0.2, -0.15) is 0 Å². The van der Waals surface area contributed by atoms with E-state index < -0.39 is 0 Å². The second kappa shape index (κ2) is 7.98. The quantitative estimate of drug-likeness (QED) is 0.774. The molecule has 1 unspecified atom stereocenters. The van der Waals surface area contributed by atoms with E-state index in [1.54, 1.807) is 6.07 Å². The van der Waals surface area contributed by atoms with Crippen LogP contribution in [0.4, 0.5) is 0 Å². The Balaban J connectivity index is 1.32. The fourth-order valence-electron chi connectivity index (χ4n) is 5.93. The summed E-state index contributed by atoms with van der Waals surface area (Å²) >= 11 is 0. The van der Waals surface area contributed by atoms with E-state index in [4.69, 9.17) is 0 Å². The lowest BCUT2D eigenvalue weighted by molar-refractivity contribution is -0.186. The van der Waals surface area contributed by atoms with E-state index in [1.807, 2.05) is 11.0 Å². The lowest BCUT2D eigenvalue weighted by atomic mass is 9.59. The Bertz CT molecular complexity index is 997. The number of H-pyrrole nitrogens is 1. The molecule has 162 valence electrons. The third kappa shape index (κ3) is 3.38. The average molecular weight is 420 g/mol. The molecule has 3 fully saturated rings. The summed E-state index contributed by atoms with van der Waals surface area (Å²) in [6.45, 7) is 1.25. The maximum atomic E-state index is 13.5. The number of nitrogens with one attached hydrogen (secondary N) is 1. The molecule has 2 amide bonds. The number of rotatable bonds is 3. The van der Waals surface area contributed by atoms with Crippen LogP contribution in [-0.2, 0) is 4.79 Å². The molecule has 2 aromatic rings. The minimum atomic E-state index is -0.220. The van der Waals surface area contributed by atoms with Gasteiger partial charge in [0.25, 0.3) is 5.91 Å². The van der Waals surface area contributed by atoms with Gasteiger partial charge in [-0.05, 0) is 37.3 Å². The van der Waals surface area contributed by atoms with E-state index in [0.717, 1.165) is 38.5 Å². The van der Waals surface area contributed by atoms with Crippen LogP contribution in [0.15, 0.2) is 53.5 Å². The van der Waals surface area contributed by atoms with E-state index in [1.165, 1.54) is 24.2 Å². The standard InChI is InChI=1S/C25H29N3O3/c29-21-10-9-19(17-26-21)23(30)27-15-11-20(12-16-27)28-22(18-7-3-1-4-8-18)25(24(28)31)13-5-2-6-14-25/h1,3-4,7-10,17,20,22H,2,5-6,11-16H2,(H,26,29). The van der Waals surface area contributed by atoms with E-state index in [9.17, 15) is 14.4 Å². The maximum absolute atomic E-state index is 13.5. The Morgan fingerprint density at radius 1 is 0.935 bits per heavy atom. The van der Waals surface area contributed by atoms with Gasteiger partial charge in [-0.25, -0.2) is 0 Å². The summed E-state index contributed by atoms with van der Waals surface area (Å²) in [7, 11) is 0. The second-order valence-electron chi connectivity index (χ2n) is 9.21. The van der Waals surface area contributed by atoms with Crippen LogP contribution < -0.4 is 5.56 Å². The zero-order valence-electron chi connectivity index (χ0n) is 17.8. The predicted octanol–water partition coefficient (Wildman–Crippen LogP) is 3.51. The van der Waals surface area contributed by atoms with Gasteiger partial charge in [-0.15, -0.1) is 0 Å². The number of carbonyl (C=O) groups excluding carboxylic acids is 2. The van der Waals surface area contributed by atoms with Gasteiger partial charge in [0.15, 0.2) is 0 Å². The molecule has 1 aromatic carbocycles. The highest BCUT2D eigenvalue weighted by atomic mass is 16.2. The minimum absolute atomic E-state index is 0.0620. The number of hydrogen-bond acceptors (Lipinski definition) is 3. The first kappa shape index (κ1) is 20.0. The van der Waals surface area contributed by atoms with Gasteiger partial charge in [0, 0.05) is 31.4 Å². The molecule has 1 atom stereocenters. The Morgan fingerprint density at radius 3 is 2.29 bits per heavy atom. The maximum Gasteiger partial charge on any atom is 0.255 e. The molecule has 2 saturated heterocycles. The molecular formula is C25H29N3O3. The first-order valence-corrected chi connectivity index (χ1v) is 11.5. The number of aromatic amines is 1. The topological polar surface area (TPSA) is 73.5 Å². The molecule has 2 aliphatic heterocycles. The van der Waals surface area contributed by atoms with Crippen molar-refractivity contribution in [2.75, 3.05) is 13.1 Å². The molecule has 6 heteroatoms. The lowest BCUT2D eigenvalue weighted by Crippen LogP contribution is -2.67. The highest BCUT2D eigenvalue weighted by Crippen LogP contribution is 2.59. The van der Waals surface area contributed by atoms with Gasteiger partial charge in [-0.1, -0.05) is 49.6 Å². The summed E-state index contributed by atoms with van der Waals surface area (Å²) in [5.41, 5.74) is 1.31. The summed E-state index contributed by atoms with van der Waals surface area (Å²) in [6.07, 6.45) is 8.54. The van der Waals surface area contributed by atoms with Crippen LogP contribution in [0.2, 0.25) is 0 Å². The number of amides is 2. The number of benzene rings is 1. The monoisotopic (exact) mass is 419 g/mol. The Hall–Kier alpha value is -2.89. The minimum Gasteiger partial charge on any atom is -0.338 e. The van der Waals surface area contributed by atoms with Crippen molar-refractivity contribution < 1.29 is 9.59 Å². The fourth-order valence-corrected chi connectivity index (χ4v) is 5.93. The van der Waals surface area contributed by atoms with Gasteiger partial charge in [0.2, 0.25) is 11.5 Å². The average Bonchev–Trinajstić information content (AvgIpc) is 2.83. The van der Waals surface area contributed by atoms with Crippen LogP contribution in [0.25, 0.3) is 0 Å². The fraction of sp³-hybridized carbons (Fsp3) is 0.480. The van der Waals surface area contributed by atoms with Gasteiger partial charge >= 0.3 is 0 Å². The largest absolute Gasteiger partial charge is 0.338 e.